The van der Waals surface area contributed by atoms with Gasteiger partial charge in [0.25, 0.3) is 0 Å². The maximum Gasteiger partial charge on any atom is 0.0968 e. The predicted molar refractivity (Wildman–Crippen MR) is 59.3 cm³/mol. The second kappa shape index (κ2) is 4.11. The maximum atomic E-state index is 10.2. The molecule has 0 saturated heterocycles. The first-order valence-electron chi connectivity index (χ1n) is 4.91. The van der Waals surface area contributed by atoms with E-state index in [1.54, 1.807) is 0 Å². The Morgan fingerprint density at radius 1 is 1.29 bits per heavy atom. The Hall–Kier alpha value is -0.860. The third-order valence-electron chi connectivity index (χ3n) is 2.81. The lowest BCUT2D eigenvalue weighted by molar-refractivity contribution is 0.0849. The quantitative estimate of drug-likeness (QED) is 0.770. The molecule has 0 fully saturated rings. The molecule has 2 heteroatoms. The van der Waals surface area contributed by atoms with E-state index in [-0.39, 0.29) is 5.54 Å². The molecule has 14 heavy (non-hydrogen) atoms. The van der Waals surface area contributed by atoms with Gasteiger partial charge >= 0.3 is 0 Å². The van der Waals surface area contributed by atoms with Gasteiger partial charge in [0, 0.05) is 5.54 Å². The first-order valence-corrected chi connectivity index (χ1v) is 4.91. The van der Waals surface area contributed by atoms with Crippen molar-refractivity contribution in [2.24, 2.45) is 0 Å². The van der Waals surface area contributed by atoms with Crippen LogP contribution in [0.2, 0.25) is 0 Å². The van der Waals surface area contributed by atoms with Crippen LogP contribution in [0, 0.1) is 6.92 Å². The number of hydrogen-bond acceptors (Lipinski definition) is 2. The van der Waals surface area contributed by atoms with E-state index in [2.05, 4.69) is 5.32 Å². The molecule has 78 valence electrons. The minimum absolute atomic E-state index is 0.299. The number of aryl methyl sites for hydroxylation is 1. The fraction of sp³-hybridized carbons (Fsp3) is 0.500. The van der Waals surface area contributed by atoms with Crippen molar-refractivity contribution >= 4 is 0 Å². The molecular formula is C12H19NO. The van der Waals surface area contributed by atoms with Crippen LogP contribution in [0.25, 0.3) is 0 Å². The third kappa shape index (κ3) is 2.14. The molecule has 2 N–H and O–H groups in total. The van der Waals surface area contributed by atoms with Crippen LogP contribution < -0.4 is 5.32 Å². The topological polar surface area (TPSA) is 32.3 Å². The first kappa shape index (κ1) is 11.2. The SMILES string of the molecule is CNC(C)(C)C(O)c1ccccc1C. The second-order valence-electron chi connectivity index (χ2n) is 4.23. The molecule has 0 heterocycles. The molecule has 0 saturated carbocycles. The van der Waals surface area contributed by atoms with Crippen LogP contribution in [-0.2, 0) is 0 Å². The Balaban J connectivity index is 3.00. The van der Waals surface area contributed by atoms with Crippen LogP contribution in [0.1, 0.15) is 31.1 Å². The summed E-state index contributed by atoms with van der Waals surface area (Å²) >= 11 is 0. The molecule has 1 aromatic carbocycles. The van der Waals surface area contributed by atoms with E-state index in [4.69, 9.17) is 0 Å². The van der Waals surface area contributed by atoms with Crippen LogP contribution in [-0.4, -0.2) is 17.7 Å². The van der Waals surface area contributed by atoms with Crippen molar-refractivity contribution in [2.75, 3.05) is 7.05 Å². The highest BCUT2D eigenvalue weighted by molar-refractivity contribution is 5.29. The summed E-state index contributed by atoms with van der Waals surface area (Å²) in [5, 5.41) is 13.3. The lowest BCUT2D eigenvalue weighted by Crippen LogP contribution is -2.42. The third-order valence-corrected chi connectivity index (χ3v) is 2.81. The Morgan fingerprint density at radius 3 is 2.36 bits per heavy atom. The van der Waals surface area contributed by atoms with Crippen LogP contribution in [0.4, 0.5) is 0 Å². The van der Waals surface area contributed by atoms with Crippen molar-refractivity contribution < 1.29 is 5.11 Å². The van der Waals surface area contributed by atoms with E-state index in [1.807, 2.05) is 52.1 Å². The zero-order chi connectivity index (χ0) is 10.8. The summed E-state index contributed by atoms with van der Waals surface area (Å²) in [7, 11) is 1.86. The largest absolute Gasteiger partial charge is 0.386 e. The smallest absolute Gasteiger partial charge is 0.0968 e. The molecule has 2 nitrogen and oxygen atoms in total. The minimum Gasteiger partial charge on any atom is -0.386 e. The van der Waals surface area contributed by atoms with E-state index in [9.17, 15) is 5.11 Å². The van der Waals surface area contributed by atoms with E-state index < -0.39 is 6.10 Å². The molecule has 0 aliphatic heterocycles. The van der Waals surface area contributed by atoms with Crippen LogP contribution in [0.5, 0.6) is 0 Å². The van der Waals surface area contributed by atoms with Gasteiger partial charge < -0.3 is 10.4 Å². The predicted octanol–water partition coefficient (Wildman–Crippen LogP) is 2.03. The summed E-state index contributed by atoms with van der Waals surface area (Å²) in [5.74, 6) is 0. The van der Waals surface area contributed by atoms with Crippen LogP contribution in [0.15, 0.2) is 24.3 Å². The normalized spacial score (nSPS) is 14.1. The zero-order valence-electron chi connectivity index (χ0n) is 9.33. The summed E-state index contributed by atoms with van der Waals surface area (Å²) in [6.07, 6.45) is -0.478. The van der Waals surface area contributed by atoms with Gasteiger partial charge in [-0.3, -0.25) is 0 Å². The van der Waals surface area contributed by atoms with Gasteiger partial charge in [0.15, 0.2) is 0 Å². The monoisotopic (exact) mass is 193 g/mol. The van der Waals surface area contributed by atoms with Gasteiger partial charge in [-0.05, 0) is 38.9 Å². The number of aliphatic hydroxyl groups is 1. The van der Waals surface area contributed by atoms with Crippen molar-refractivity contribution in [3.63, 3.8) is 0 Å². The molecule has 0 aromatic heterocycles. The summed E-state index contributed by atoms with van der Waals surface area (Å²) < 4.78 is 0. The van der Waals surface area contributed by atoms with Gasteiger partial charge in [-0.15, -0.1) is 0 Å². The Kier molecular flexibility index (Phi) is 3.29. The van der Waals surface area contributed by atoms with Crippen molar-refractivity contribution in [2.45, 2.75) is 32.4 Å². The number of nitrogens with one attached hydrogen (secondary N) is 1. The molecule has 0 spiro atoms. The van der Waals surface area contributed by atoms with Gasteiger partial charge in [0.1, 0.15) is 0 Å². The molecule has 0 bridgehead atoms. The number of likely N-dealkylation sites (N-methyl/N-ethyl adjacent to an activating group) is 1. The average Bonchev–Trinajstić information content (AvgIpc) is 2.17. The van der Waals surface area contributed by atoms with E-state index >= 15 is 0 Å². The summed E-state index contributed by atoms with van der Waals surface area (Å²) in [6, 6.07) is 7.93. The van der Waals surface area contributed by atoms with Crippen LogP contribution in [0.3, 0.4) is 0 Å². The van der Waals surface area contributed by atoms with Crippen molar-refractivity contribution in [1.82, 2.24) is 5.32 Å². The minimum atomic E-state index is -0.478. The summed E-state index contributed by atoms with van der Waals surface area (Å²) in [5.41, 5.74) is 1.82. The Bertz CT molecular complexity index is 307. The molecule has 0 aliphatic carbocycles. The van der Waals surface area contributed by atoms with E-state index in [0.717, 1.165) is 11.1 Å². The molecule has 0 radical (unpaired) electrons. The fourth-order valence-corrected chi connectivity index (χ4v) is 1.42. The molecule has 0 amide bonds. The van der Waals surface area contributed by atoms with Gasteiger partial charge in [0.05, 0.1) is 6.10 Å². The molecule has 1 atom stereocenters. The lowest BCUT2D eigenvalue weighted by atomic mass is 9.89. The molecule has 1 aromatic rings. The standard InChI is InChI=1S/C12H19NO/c1-9-7-5-6-8-10(9)11(14)12(2,3)13-4/h5-8,11,13-14H,1-4H3. The van der Waals surface area contributed by atoms with E-state index in [0.29, 0.717) is 0 Å². The second-order valence-corrected chi connectivity index (χ2v) is 4.23. The first-order chi connectivity index (χ1) is 6.49. The lowest BCUT2D eigenvalue weighted by Gasteiger charge is -2.31. The summed E-state index contributed by atoms with van der Waals surface area (Å²) in [4.78, 5) is 0. The fourth-order valence-electron chi connectivity index (χ4n) is 1.42. The van der Waals surface area contributed by atoms with Crippen molar-refractivity contribution in [3.05, 3.63) is 35.4 Å². The molecule has 0 aliphatic rings. The Labute approximate surface area is 86.0 Å². The van der Waals surface area contributed by atoms with Gasteiger partial charge in [-0.2, -0.15) is 0 Å². The van der Waals surface area contributed by atoms with Gasteiger partial charge in [0.2, 0.25) is 0 Å². The van der Waals surface area contributed by atoms with Crippen LogP contribution >= 0.6 is 0 Å². The molecule has 1 rings (SSSR count). The maximum absolute atomic E-state index is 10.2. The highest BCUT2D eigenvalue weighted by Gasteiger charge is 2.27. The number of aliphatic hydroxyl groups excluding tert-OH is 1. The molecular weight excluding hydrogens is 174 g/mol. The zero-order valence-corrected chi connectivity index (χ0v) is 9.33. The molecule has 1 unspecified atom stereocenters. The van der Waals surface area contributed by atoms with Gasteiger partial charge in [-0.25, -0.2) is 0 Å². The highest BCUT2D eigenvalue weighted by Crippen LogP contribution is 2.27. The Morgan fingerprint density at radius 2 is 1.86 bits per heavy atom. The van der Waals surface area contributed by atoms with Crippen molar-refractivity contribution in [3.8, 4) is 0 Å². The van der Waals surface area contributed by atoms with Crippen molar-refractivity contribution in [1.29, 1.82) is 0 Å². The summed E-state index contributed by atoms with van der Waals surface area (Å²) in [6.45, 7) is 6.00. The highest BCUT2D eigenvalue weighted by atomic mass is 16.3. The number of hydrogen-bond donors (Lipinski definition) is 2. The number of rotatable bonds is 3. The van der Waals surface area contributed by atoms with Gasteiger partial charge in [-0.1, -0.05) is 24.3 Å². The van der Waals surface area contributed by atoms with E-state index in [1.165, 1.54) is 0 Å². The average molecular weight is 193 g/mol. The number of benzene rings is 1.